The quantitative estimate of drug-likeness (QED) is 0.452. The van der Waals surface area contributed by atoms with E-state index >= 15 is 0 Å². The topological polar surface area (TPSA) is 82.8 Å². The van der Waals surface area contributed by atoms with Gasteiger partial charge in [0.1, 0.15) is 30.5 Å². The largest absolute Gasteiger partial charge is 0.496 e. The van der Waals surface area contributed by atoms with E-state index in [1.54, 1.807) is 14.0 Å². The number of hydrogen-bond donors (Lipinski definition) is 1. The van der Waals surface area contributed by atoms with Crippen LogP contribution in [0.1, 0.15) is 11.5 Å². The number of hydroxylamine groups is 1. The number of nitrogens with zero attached hydrogens (tertiary/aromatic N) is 1. The van der Waals surface area contributed by atoms with Crippen molar-refractivity contribution in [2.75, 3.05) is 20.3 Å². The zero-order valence-corrected chi connectivity index (χ0v) is 15.8. The first-order valence-corrected chi connectivity index (χ1v) is 8.85. The van der Waals surface area contributed by atoms with Gasteiger partial charge >= 0.3 is 0 Å². The molecule has 1 heterocycles. The number of carbonyl (C=O) groups is 1. The van der Waals surface area contributed by atoms with Crippen LogP contribution in [-0.4, -0.2) is 31.2 Å². The minimum atomic E-state index is -0.317. The second kappa shape index (κ2) is 9.57. The summed E-state index contributed by atoms with van der Waals surface area (Å²) in [5, 5.41) is 0. The molecule has 0 aliphatic rings. The van der Waals surface area contributed by atoms with Crippen LogP contribution in [0.25, 0.3) is 11.5 Å². The molecular weight excluding hydrogens is 360 g/mol. The molecule has 7 heteroatoms. The normalized spacial score (nSPS) is 10.5. The van der Waals surface area contributed by atoms with E-state index in [1.165, 1.54) is 0 Å². The summed E-state index contributed by atoms with van der Waals surface area (Å²) in [4.78, 5) is 21.7. The van der Waals surface area contributed by atoms with Gasteiger partial charge < -0.3 is 13.9 Å². The summed E-state index contributed by atoms with van der Waals surface area (Å²) in [6.45, 7) is 2.32. The Kier molecular flexibility index (Phi) is 6.64. The highest BCUT2D eigenvalue weighted by Gasteiger charge is 2.17. The third-order valence-corrected chi connectivity index (χ3v) is 3.94. The molecule has 0 bridgehead atoms. The van der Waals surface area contributed by atoms with Gasteiger partial charge in [0.25, 0.3) is 0 Å². The van der Waals surface area contributed by atoms with Crippen LogP contribution in [0, 0.1) is 6.92 Å². The Labute approximate surface area is 163 Å². The van der Waals surface area contributed by atoms with Gasteiger partial charge in [-0.05, 0) is 31.2 Å². The maximum Gasteiger partial charge on any atom is 0.249 e. The van der Waals surface area contributed by atoms with Crippen LogP contribution in [0.15, 0.2) is 59.0 Å². The molecular formula is C21H22N2O5. The lowest BCUT2D eigenvalue weighted by atomic mass is 10.2. The predicted octanol–water partition coefficient (Wildman–Crippen LogP) is 3.33. The fourth-order valence-corrected chi connectivity index (χ4v) is 2.57. The van der Waals surface area contributed by atoms with E-state index in [-0.39, 0.29) is 18.9 Å². The van der Waals surface area contributed by atoms with Gasteiger partial charge in [-0.25, -0.2) is 10.5 Å². The van der Waals surface area contributed by atoms with Crippen molar-refractivity contribution in [2.24, 2.45) is 0 Å². The smallest absolute Gasteiger partial charge is 0.249 e. The number of rotatable bonds is 9. The minimum absolute atomic E-state index is 0.0457. The first-order chi connectivity index (χ1) is 13.7. The molecule has 0 fully saturated rings. The molecule has 7 nitrogen and oxygen atoms in total. The number of oxazole rings is 1. The summed E-state index contributed by atoms with van der Waals surface area (Å²) in [6.07, 6.45) is 0.0457. The van der Waals surface area contributed by atoms with Gasteiger partial charge in [-0.2, -0.15) is 0 Å². The molecule has 1 N–H and O–H groups in total. The van der Waals surface area contributed by atoms with Crippen molar-refractivity contribution in [3.63, 3.8) is 0 Å². The summed E-state index contributed by atoms with van der Waals surface area (Å²) < 4.78 is 16.5. The molecule has 0 saturated heterocycles. The molecule has 0 aliphatic carbocycles. The molecule has 146 valence electrons. The summed E-state index contributed by atoms with van der Waals surface area (Å²) in [7, 11) is 1.59. The Morgan fingerprint density at radius 3 is 2.61 bits per heavy atom. The first-order valence-electron chi connectivity index (χ1n) is 8.85. The number of aromatic nitrogens is 1. The highest BCUT2D eigenvalue weighted by Crippen LogP contribution is 2.30. The Balaban J connectivity index is 1.48. The van der Waals surface area contributed by atoms with E-state index in [2.05, 4.69) is 10.5 Å². The number of hydrogen-bond acceptors (Lipinski definition) is 6. The van der Waals surface area contributed by atoms with Crippen LogP contribution in [0.2, 0.25) is 0 Å². The molecule has 0 saturated carbocycles. The number of nitrogens with one attached hydrogen (secondary N) is 1. The van der Waals surface area contributed by atoms with Gasteiger partial charge in [-0.15, -0.1) is 0 Å². The standard InChI is InChI=1S/C21H22N2O5/c1-15-18(22-21(28-15)17-10-6-7-11-19(17)25-2)14-20(24)23-27-13-12-26-16-8-4-3-5-9-16/h3-11H,12-14H2,1-2H3,(H,23,24). The molecule has 0 spiro atoms. The second-order valence-corrected chi connectivity index (χ2v) is 5.93. The van der Waals surface area contributed by atoms with Crippen LogP contribution in [0.5, 0.6) is 11.5 Å². The molecule has 3 rings (SSSR count). The van der Waals surface area contributed by atoms with Gasteiger partial charge in [0.2, 0.25) is 11.8 Å². The molecule has 0 aliphatic heterocycles. The maximum atomic E-state index is 12.1. The Morgan fingerprint density at radius 1 is 1.07 bits per heavy atom. The molecule has 3 aromatic rings. The average molecular weight is 382 g/mol. The van der Waals surface area contributed by atoms with E-state index in [0.29, 0.717) is 29.7 Å². The lowest BCUT2D eigenvalue weighted by Gasteiger charge is -2.07. The van der Waals surface area contributed by atoms with Crippen LogP contribution in [0.4, 0.5) is 0 Å². The number of aryl methyl sites for hydroxylation is 1. The Hall–Kier alpha value is -3.32. The lowest BCUT2D eigenvalue weighted by molar-refractivity contribution is -0.133. The van der Waals surface area contributed by atoms with Crippen LogP contribution >= 0.6 is 0 Å². The van der Waals surface area contributed by atoms with Gasteiger partial charge in [0.05, 0.1) is 24.8 Å². The third-order valence-electron chi connectivity index (χ3n) is 3.94. The third kappa shape index (κ3) is 5.11. The molecule has 1 aromatic heterocycles. The highest BCUT2D eigenvalue weighted by atomic mass is 16.7. The minimum Gasteiger partial charge on any atom is -0.496 e. The summed E-state index contributed by atoms with van der Waals surface area (Å²) in [6, 6.07) is 16.8. The monoisotopic (exact) mass is 382 g/mol. The Morgan fingerprint density at radius 2 is 1.82 bits per heavy atom. The van der Waals surface area contributed by atoms with Gasteiger partial charge in [0, 0.05) is 0 Å². The van der Waals surface area contributed by atoms with Crippen molar-refractivity contribution < 1.29 is 23.5 Å². The maximum absolute atomic E-state index is 12.1. The van der Waals surface area contributed by atoms with Gasteiger partial charge in [-0.3, -0.25) is 9.63 Å². The molecule has 1 amide bonds. The summed E-state index contributed by atoms with van der Waals surface area (Å²) >= 11 is 0. The average Bonchev–Trinajstić information content (AvgIpc) is 3.08. The van der Waals surface area contributed by atoms with E-state index in [9.17, 15) is 4.79 Å². The number of amides is 1. The zero-order chi connectivity index (χ0) is 19.8. The number of carbonyl (C=O) groups excluding carboxylic acids is 1. The number of ether oxygens (including phenoxy) is 2. The fourth-order valence-electron chi connectivity index (χ4n) is 2.57. The molecule has 0 atom stereocenters. The number of benzene rings is 2. The van der Waals surface area contributed by atoms with Gasteiger partial charge in [0.15, 0.2) is 0 Å². The van der Waals surface area contributed by atoms with E-state index in [4.69, 9.17) is 18.7 Å². The Bertz CT molecular complexity index is 908. The van der Waals surface area contributed by atoms with Crippen LogP contribution < -0.4 is 15.0 Å². The van der Waals surface area contributed by atoms with Gasteiger partial charge in [-0.1, -0.05) is 30.3 Å². The van der Waals surface area contributed by atoms with Crippen LogP contribution in [0.3, 0.4) is 0 Å². The second-order valence-electron chi connectivity index (χ2n) is 5.93. The van der Waals surface area contributed by atoms with E-state index < -0.39 is 0 Å². The molecule has 0 unspecified atom stereocenters. The summed E-state index contributed by atoms with van der Waals surface area (Å²) in [5.41, 5.74) is 3.67. The SMILES string of the molecule is COc1ccccc1-c1nc(CC(=O)NOCCOc2ccccc2)c(C)o1. The number of para-hydroxylation sites is 2. The van der Waals surface area contributed by atoms with E-state index in [1.807, 2.05) is 54.6 Å². The van der Waals surface area contributed by atoms with Crippen molar-refractivity contribution in [3.8, 4) is 23.0 Å². The van der Waals surface area contributed by atoms with Crippen molar-refractivity contribution >= 4 is 5.91 Å². The van der Waals surface area contributed by atoms with E-state index in [0.717, 1.165) is 11.3 Å². The fraction of sp³-hybridized carbons (Fsp3) is 0.238. The molecule has 2 aromatic carbocycles. The van der Waals surface area contributed by atoms with Crippen molar-refractivity contribution in [2.45, 2.75) is 13.3 Å². The lowest BCUT2D eigenvalue weighted by Crippen LogP contribution is -2.27. The molecule has 0 radical (unpaired) electrons. The highest BCUT2D eigenvalue weighted by molar-refractivity contribution is 5.77. The van der Waals surface area contributed by atoms with Crippen LogP contribution in [-0.2, 0) is 16.1 Å². The van der Waals surface area contributed by atoms with Crippen molar-refractivity contribution in [1.82, 2.24) is 10.5 Å². The molecule has 28 heavy (non-hydrogen) atoms. The van der Waals surface area contributed by atoms with Crippen molar-refractivity contribution in [1.29, 1.82) is 0 Å². The van der Waals surface area contributed by atoms with Crippen molar-refractivity contribution in [3.05, 3.63) is 66.1 Å². The number of methoxy groups -OCH3 is 1. The first kappa shape index (κ1) is 19.4. The summed E-state index contributed by atoms with van der Waals surface area (Å²) in [5.74, 6) is 2.07. The zero-order valence-electron chi connectivity index (χ0n) is 15.8. The predicted molar refractivity (Wildman–Crippen MR) is 103 cm³/mol.